The second-order valence-electron chi connectivity index (χ2n) is 3.83. The van der Waals surface area contributed by atoms with Crippen molar-refractivity contribution in [3.63, 3.8) is 0 Å². The molecule has 1 heterocycles. The van der Waals surface area contributed by atoms with Gasteiger partial charge in [-0.05, 0) is 30.3 Å². The van der Waals surface area contributed by atoms with Gasteiger partial charge in [0.25, 0.3) is 0 Å². The molecular formula is C15H10IO2+. The molecule has 3 aromatic rings. The summed E-state index contributed by atoms with van der Waals surface area (Å²) in [6.45, 7) is 0. The molecule has 0 aliphatic heterocycles. The molecule has 0 aliphatic carbocycles. The van der Waals surface area contributed by atoms with Crippen LogP contribution in [-0.4, -0.2) is 0 Å². The summed E-state index contributed by atoms with van der Waals surface area (Å²) in [5, 5.41) is 0.968. The summed E-state index contributed by atoms with van der Waals surface area (Å²) in [7, 11) is 0. The fraction of sp³-hybridized carbons (Fsp3) is 0. The predicted octanol–water partition coefficient (Wildman–Crippen LogP) is -0.0786. The number of hydrogen-bond donors (Lipinski definition) is 0. The second kappa shape index (κ2) is 4.94. The van der Waals surface area contributed by atoms with Crippen molar-refractivity contribution in [2.75, 3.05) is 0 Å². The molecule has 2 aromatic carbocycles. The van der Waals surface area contributed by atoms with E-state index in [4.69, 9.17) is 4.42 Å². The van der Waals surface area contributed by atoms with E-state index in [1.807, 2.05) is 18.2 Å². The molecule has 3 heteroatoms. The molecule has 88 valence electrons. The van der Waals surface area contributed by atoms with Gasteiger partial charge in [-0.3, -0.25) is 0 Å². The Morgan fingerprint density at radius 1 is 0.833 bits per heavy atom. The maximum atomic E-state index is 11.2. The summed E-state index contributed by atoms with van der Waals surface area (Å²) < 4.78 is 7.81. The topological polar surface area (TPSA) is 30.2 Å². The van der Waals surface area contributed by atoms with Crippen molar-refractivity contribution < 1.29 is 25.6 Å². The molecule has 0 bridgehead atoms. The molecule has 18 heavy (non-hydrogen) atoms. The van der Waals surface area contributed by atoms with Gasteiger partial charge in [0.05, 0.1) is 0 Å². The van der Waals surface area contributed by atoms with Crippen LogP contribution < -0.4 is 26.8 Å². The van der Waals surface area contributed by atoms with E-state index in [-0.39, 0.29) is 26.8 Å². The molecule has 0 saturated heterocycles. The highest BCUT2D eigenvalue weighted by Gasteiger charge is 2.15. The van der Waals surface area contributed by atoms with Gasteiger partial charge in [0, 0.05) is 17.5 Å². The molecule has 1 aromatic heterocycles. The fourth-order valence-corrected chi connectivity index (χ4v) is 3.99. The average molecular weight is 349 g/mol. The van der Waals surface area contributed by atoms with E-state index in [2.05, 4.69) is 30.3 Å². The van der Waals surface area contributed by atoms with Crippen LogP contribution in [0.4, 0.5) is 0 Å². The van der Waals surface area contributed by atoms with Crippen LogP contribution in [0.3, 0.4) is 0 Å². The lowest BCUT2D eigenvalue weighted by Gasteiger charge is -1.93. The van der Waals surface area contributed by atoms with E-state index in [1.165, 1.54) is 13.2 Å². The molecular weight excluding hydrogens is 339 g/mol. The molecule has 0 saturated carbocycles. The molecule has 0 unspecified atom stereocenters. The first kappa shape index (κ1) is 11.5. The predicted molar refractivity (Wildman–Crippen MR) is 66.3 cm³/mol. The van der Waals surface area contributed by atoms with Gasteiger partial charge in [0.15, 0.2) is 7.14 Å². The van der Waals surface area contributed by atoms with E-state index in [0.29, 0.717) is 5.58 Å². The zero-order valence-corrected chi connectivity index (χ0v) is 11.6. The lowest BCUT2D eigenvalue weighted by atomic mass is 10.2. The molecule has 0 N–H and O–H groups in total. The third-order valence-corrected chi connectivity index (χ3v) is 5.17. The summed E-state index contributed by atoms with van der Waals surface area (Å²) in [5.41, 5.74) is 0.383. The van der Waals surface area contributed by atoms with Gasteiger partial charge < -0.3 is 4.42 Å². The van der Waals surface area contributed by atoms with E-state index < -0.39 is 0 Å². The maximum absolute atomic E-state index is 11.2. The quantitative estimate of drug-likeness (QED) is 0.479. The fourth-order valence-electron chi connectivity index (χ4n) is 1.70. The second-order valence-corrected chi connectivity index (χ2v) is 6.86. The number of benzene rings is 2. The van der Waals surface area contributed by atoms with Gasteiger partial charge in [-0.2, -0.15) is 0 Å². The summed E-state index contributed by atoms with van der Waals surface area (Å²) >= 11 is -0.218. The van der Waals surface area contributed by atoms with E-state index in [9.17, 15) is 4.79 Å². The highest BCUT2D eigenvalue weighted by molar-refractivity contribution is 5.75. The van der Waals surface area contributed by atoms with E-state index in [1.54, 1.807) is 6.07 Å². The van der Waals surface area contributed by atoms with Crippen molar-refractivity contribution in [3.05, 3.63) is 78.2 Å². The summed E-state index contributed by atoms with van der Waals surface area (Å²) in [5.74, 6) is 0. The van der Waals surface area contributed by atoms with Crippen LogP contribution in [-0.2, 0) is 0 Å². The first-order valence-corrected chi connectivity index (χ1v) is 7.71. The van der Waals surface area contributed by atoms with Crippen molar-refractivity contribution in [1.82, 2.24) is 0 Å². The van der Waals surface area contributed by atoms with Gasteiger partial charge in [-0.15, -0.1) is 0 Å². The zero-order chi connectivity index (χ0) is 12.4. The normalized spacial score (nSPS) is 10.7. The first-order valence-electron chi connectivity index (χ1n) is 5.55. The highest BCUT2D eigenvalue weighted by atomic mass is 127. The van der Waals surface area contributed by atoms with E-state index in [0.717, 1.165) is 5.39 Å². The van der Waals surface area contributed by atoms with Crippen molar-refractivity contribution in [2.24, 2.45) is 0 Å². The van der Waals surface area contributed by atoms with Crippen molar-refractivity contribution in [1.29, 1.82) is 0 Å². The van der Waals surface area contributed by atoms with Gasteiger partial charge in [-0.1, -0.05) is 18.2 Å². The Morgan fingerprint density at radius 2 is 1.61 bits per heavy atom. The Balaban J connectivity index is 2.00. The largest absolute Gasteiger partial charge is 0.423 e. The lowest BCUT2D eigenvalue weighted by Crippen LogP contribution is -3.61. The molecule has 0 amide bonds. The smallest absolute Gasteiger partial charge is 0.358 e. The minimum Gasteiger partial charge on any atom is -0.423 e. The van der Waals surface area contributed by atoms with Crippen molar-refractivity contribution in [3.8, 4) is 0 Å². The minimum absolute atomic E-state index is 0.218. The highest BCUT2D eigenvalue weighted by Crippen LogP contribution is 2.09. The molecule has 0 fully saturated rings. The van der Waals surface area contributed by atoms with Crippen LogP contribution in [0, 0.1) is 7.14 Å². The number of rotatable bonds is 2. The molecule has 0 radical (unpaired) electrons. The van der Waals surface area contributed by atoms with Crippen molar-refractivity contribution >= 4 is 11.0 Å². The maximum Gasteiger partial charge on any atom is 0.358 e. The molecule has 0 atom stereocenters. The van der Waals surface area contributed by atoms with Gasteiger partial charge in [-0.25, -0.2) is 4.79 Å². The Bertz CT molecular complexity index is 732. The van der Waals surface area contributed by atoms with Gasteiger partial charge >= 0.3 is 26.8 Å². The summed E-state index contributed by atoms with van der Waals surface area (Å²) in [6, 6.07) is 19.8. The Hall–Kier alpha value is -1.62. The third kappa shape index (κ3) is 2.46. The Labute approximate surface area is 115 Å². The third-order valence-electron chi connectivity index (χ3n) is 2.54. The monoisotopic (exact) mass is 349 g/mol. The first-order chi connectivity index (χ1) is 8.81. The number of halogens is 1. The number of fused-ring (bicyclic) bond motifs is 1. The Kier molecular flexibility index (Phi) is 3.15. The molecule has 2 nitrogen and oxygen atoms in total. The van der Waals surface area contributed by atoms with Crippen LogP contribution in [0.15, 0.2) is 69.9 Å². The molecule has 0 spiro atoms. The Morgan fingerprint density at radius 3 is 2.44 bits per heavy atom. The summed E-state index contributed by atoms with van der Waals surface area (Å²) in [4.78, 5) is 11.2. The van der Waals surface area contributed by atoms with Gasteiger partial charge in [0.1, 0.15) is 5.58 Å². The standard InChI is InChI=1S/C15H10IO2/c17-15-9-7-11-6-8-13(10-14(11)18-15)16-12-4-2-1-3-5-12/h1-10H/q+1. The zero-order valence-electron chi connectivity index (χ0n) is 9.47. The molecule has 0 aliphatic rings. The van der Waals surface area contributed by atoms with Gasteiger partial charge in [0.2, 0.25) is 0 Å². The minimum atomic E-state index is -0.294. The summed E-state index contributed by atoms with van der Waals surface area (Å²) in [6.07, 6.45) is 0. The van der Waals surface area contributed by atoms with Crippen molar-refractivity contribution in [2.45, 2.75) is 0 Å². The number of hydrogen-bond acceptors (Lipinski definition) is 2. The van der Waals surface area contributed by atoms with Crippen LogP contribution in [0.25, 0.3) is 11.0 Å². The van der Waals surface area contributed by atoms with Crippen LogP contribution in [0.5, 0.6) is 0 Å². The van der Waals surface area contributed by atoms with E-state index >= 15 is 0 Å². The SMILES string of the molecule is O=c1ccc2ccc([I+]c3ccccc3)cc2o1. The van der Waals surface area contributed by atoms with Crippen LogP contribution in [0.2, 0.25) is 0 Å². The van der Waals surface area contributed by atoms with Crippen LogP contribution in [0.1, 0.15) is 0 Å². The average Bonchev–Trinajstić information content (AvgIpc) is 2.39. The molecule has 3 rings (SSSR count). The lowest BCUT2D eigenvalue weighted by molar-refractivity contribution is -0.597. The van der Waals surface area contributed by atoms with Crippen LogP contribution >= 0.6 is 0 Å².